The van der Waals surface area contributed by atoms with Crippen LogP contribution in [-0.2, 0) is 7.05 Å². The minimum Gasteiger partial charge on any atom is -0.457 e. The van der Waals surface area contributed by atoms with Crippen molar-refractivity contribution in [3.05, 3.63) is 81.5 Å². The Morgan fingerprint density at radius 1 is 1.04 bits per heavy atom. The molecule has 26 heavy (non-hydrogen) atoms. The first kappa shape index (κ1) is 16.2. The van der Waals surface area contributed by atoms with E-state index in [2.05, 4.69) is 16.7 Å². The summed E-state index contributed by atoms with van der Waals surface area (Å²) in [7, 11) is 2.04. The molecule has 0 aliphatic rings. The van der Waals surface area contributed by atoms with Gasteiger partial charge in [-0.2, -0.15) is 4.57 Å². The standard InChI is InChI=1S/C20H15N2O3S/c1-21-17-4-2-3-5-19(17)26-20(21)13-11-16-10-12-18(25-16)14-6-8-15(9-7-14)22(23)24/h2-13H,1H3/q+1/b13-11+. The molecule has 0 spiro atoms. The largest absolute Gasteiger partial charge is 0.457 e. The Morgan fingerprint density at radius 2 is 1.81 bits per heavy atom. The Bertz CT molecular complexity index is 1120. The molecule has 0 atom stereocenters. The molecule has 0 N–H and O–H groups in total. The van der Waals surface area contributed by atoms with E-state index in [1.54, 1.807) is 23.5 Å². The van der Waals surface area contributed by atoms with Gasteiger partial charge in [0.05, 0.1) is 4.92 Å². The minimum atomic E-state index is -0.412. The Hall–Kier alpha value is -3.25. The Labute approximate surface area is 153 Å². The first-order valence-corrected chi connectivity index (χ1v) is 8.84. The number of fused-ring (bicyclic) bond motifs is 1. The van der Waals surface area contributed by atoms with Crippen LogP contribution in [0.2, 0.25) is 0 Å². The third-order valence-electron chi connectivity index (χ3n) is 4.15. The van der Waals surface area contributed by atoms with Crippen LogP contribution in [0.25, 0.3) is 33.7 Å². The van der Waals surface area contributed by atoms with Gasteiger partial charge in [-0.25, -0.2) is 0 Å². The van der Waals surface area contributed by atoms with E-state index in [0.717, 1.165) is 16.3 Å². The third-order valence-corrected chi connectivity index (χ3v) is 5.34. The Kier molecular flexibility index (Phi) is 4.10. The molecule has 6 heteroatoms. The predicted molar refractivity (Wildman–Crippen MR) is 103 cm³/mol. The van der Waals surface area contributed by atoms with E-state index in [0.29, 0.717) is 5.76 Å². The second kappa shape index (κ2) is 6.57. The molecule has 2 aromatic carbocycles. The lowest BCUT2D eigenvalue weighted by molar-refractivity contribution is -0.642. The van der Waals surface area contributed by atoms with Gasteiger partial charge in [-0.1, -0.05) is 23.5 Å². The maximum absolute atomic E-state index is 10.7. The van der Waals surface area contributed by atoms with Crippen molar-refractivity contribution in [1.29, 1.82) is 0 Å². The van der Waals surface area contributed by atoms with E-state index >= 15 is 0 Å². The van der Waals surface area contributed by atoms with Gasteiger partial charge >= 0.3 is 0 Å². The van der Waals surface area contributed by atoms with Crippen molar-refractivity contribution in [2.45, 2.75) is 0 Å². The molecular weight excluding hydrogens is 348 g/mol. The normalized spacial score (nSPS) is 11.4. The first-order valence-electron chi connectivity index (χ1n) is 8.02. The van der Waals surface area contributed by atoms with Gasteiger partial charge in [0.25, 0.3) is 10.7 Å². The summed E-state index contributed by atoms with van der Waals surface area (Å²) < 4.78 is 9.23. The SMILES string of the molecule is C[n+]1c(/C=C/c2ccc(-c3ccc([N+](=O)[O-])cc3)o2)sc2ccccc21. The fraction of sp³-hybridized carbons (Fsp3) is 0.0500. The molecule has 0 saturated carbocycles. The number of para-hydroxylation sites is 1. The van der Waals surface area contributed by atoms with Crippen LogP contribution in [0.3, 0.4) is 0 Å². The lowest BCUT2D eigenvalue weighted by atomic mass is 10.1. The number of nitro benzene ring substituents is 1. The summed E-state index contributed by atoms with van der Waals surface area (Å²) >= 11 is 1.72. The highest BCUT2D eigenvalue weighted by Gasteiger charge is 2.13. The zero-order valence-electron chi connectivity index (χ0n) is 14.0. The lowest BCUT2D eigenvalue weighted by Gasteiger charge is -1.96. The van der Waals surface area contributed by atoms with E-state index in [4.69, 9.17) is 4.42 Å². The highest BCUT2D eigenvalue weighted by Crippen LogP contribution is 2.26. The molecule has 0 unspecified atom stereocenters. The van der Waals surface area contributed by atoms with Crippen LogP contribution in [-0.4, -0.2) is 4.92 Å². The number of hydrogen-bond acceptors (Lipinski definition) is 4. The summed E-state index contributed by atoms with van der Waals surface area (Å²) in [5, 5.41) is 11.9. The summed E-state index contributed by atoms with van der Waals surface area (Å²) in [6.07, 6.45) is 3.96. The number of rotatable bonds is 4. The number of hydrogen-bond donors (Lipinski definition) is 0. The molecule has 4 aromatic rings. The maximum Gasteiger partial charge on any atom is 0.269 e. The number of benzene rings is 2. The topological polar surface area (TPSA) is 60.2 Å². The molecule has 0 aliphatic heterocycles. The molecule has 5 nitrogen and oxygen atoms in total. The third kappa shape index (κ3) is 3.02. The zero-order chi connectivity index (χ0) is 18.1. The molecule has 0 radical (unpaired) electrons. The van der Waals surface area contributed by atoms with Crippen molar-refractivity contribution in [3.63, 3.8) is 0 Å². The second-order valence-corrected chi connectivity index (χ2v) is 6.87. The number of furan rings is 1. The van der Waals surface area contributed by atoms with Crippen molar-refractivity contribution in [2.24, 2.45) is 7.05 Å². The van der Waals surface area contributed by atoms with Crippen molar-refractivity contribution in [3.8, 4) is 11.3 Å². The van der Waals surface area contributed by atoms with Gasteiger partial charge in [0.15, 0.2) is 0 Å². The maximum atomic E-state index is 10.7. The van der Waals surface area contributed by atoms with Gasteiger partial charge in [-0.3, -0.25) is 10.1 Å². The number of thiazole rings is 1. The fourth-order valence-corrected chi connectivity index (χ4v) is 3.82. The first-order chi connectivity index (χ1) is 12.6. The fourth-order valence-electron chi connectivity index (χ4n) is 2.76. The summed E-state index contributed by atoms with van der Waals surface area (Å²) in [5.74, 6) is 1.41. The van der Waals surface area contributed by atoms with Crippen LogP contribution in [0.5, 0.6) is 0 Å². The smallest absolute Gasteiger partial charge is 0.269 e. The average molecular weight is 363 g/mol. The average Bonchev–Trinajstić information content (AvgIpc) is 3.25. The van der Waals surface area contributed by atoms with E-state index < -0.39 is 4.92 Å². The van der Waals surface area contributed by atoms with E-state index in [1.165, 1.54) is 22.3 Å². The summed E-state index contributed by atoms with van der Waals surface area (Å²) in [4.78, 5) is 10.3. The van der Waals surface area contributed by atoms with Crippen LogP contribution < -0.4 is 4.57 Å². The van der Waals surface area contributed by atoms with Gasteiger partial charge in [0, 0.05) is 29.8 Å². The minimum absolute atomic E-state index is 0.0673. The Morgan fingerprint density at radius 3 is 2.54 bits per heavy atom. The van der Waals surface area contributed by atoms with Crippen LogP contribution in [0.15, 0.2) is 65.1 Å². The molecule has 4 rings (SSSR count). The Balaban J connectivity index is 1.58. The molecule has 0 fully saturated rings. The molecule has 0 amide bonds. The molecular formula is C20H15N2O3S+. The van der Waals surface area contributed by atoms with Crippen LogP contribution in [0.1, 0.15) is 10.8 Å². The van der Waals surface area contributed by atoms with Gasteiger partial charge in [0.2, 0.25) is 5.52 Å². The van der Waals surface area contributed by atoms with Gasteiger partial charge in [0.1, 0.15) is 23.3 Å². The van der Waals surface area contributed by atoms with E-state index in [-0.39, 0.29) is 5.69 Å². The number of aromatic nitrogens is 1. The van der Waals surface area contributed by atoms with Crippen molar-refractivity contribution < 1.29 is 13.9 Å². The summed E-state index contributed by atoms with van der Waals surface area (Å²) in [5.41, 5.74) is 2.07. The van der Waals surface area contributed by atoms with Crippen LogP contribution >= 0.6 is 11.3 Å². The van der Waals surface area contributed by atoms with Crippen molar-refractivity contribution in [2.75, 3.05) is 0 Å². The second-order valence-electron chi connectivity index (χ2n) is 5.81. The van der Waals surface area contributed by atoms with Crippen molar-refractivity contribution >= 4 is 39.4 Å². The predicted octanol–water partition coefficient (Wildman–Crippen LogP) is 5.06. The highest BCUT2D eigenvalue weighted by atomic mass is 32.1. The number of nitrogens with zero attached hydrogens (tertiary/aromatic N) is 2. The highest BCUT2D eigenvalue weighted by molar-refractivity contribution is 7.18. The van der Waals surface area contributed by atoms with Gasteiger partial charge in [-0.05, 0) is 36.4 Å². The number of aryl methyl sites for hydroxylation is 1. The number of non-ortho nitro benzene ring substituents is 1. The van der Waals surface area contributed by atoms with Crippen molar-refractivity contribution in [1.82, 2.24) is 0 Å². The molecule has 2 heterocycles. The summed E-state index contributed by atoms with van der Waals surface area (Å²) in [6.45, 7) is 0. The monoisotopic (exact) mass is 363 g/mol. The van der Waals surface area contributed by atoms with Gasteiger partial charge in [-0.15, -0.1) is 0 Å². The summed E-state index contributed by atoms with van der Waals surface area (Å²) in [6, 6.07) is 18.4. The molecule has 0 saturated heterocycles. The van der Waals surface area contributed by atoms with Crippen LogP contribution in [0.4, 0.5) is 5.69 Å². The molecule has 2 aromatic heterocycles. The molecule has 0 aliphatic carbocycles. The zero-order valence-corrected chi connectivity index (χ0v) is 14.8. The van der Waals surface area contributed by atoms with Gasteiger partial charge < -0.3 is 4.42 Å². The number of nitro groups is 1. The van der Waals surface area contributed by atoms with Crippen LogP contribution in [0, 0.1) is 10.1 Å². The molecule has 0 bridgehead atoms. The van der Waals surface area contributed by atoms with E-state index in [1.807, 2.05) is 43.5 Å². The lowest BCUT2D eigenvalue weighted by Crippen LogP contribution is -2.28. The van der Waals surface area contributed by atoms with E-state index in [9.17, 15) is 10.1 Å². The molecule has 128 valence electrons. The quantitative estimate of drug-likeness (QED) is 0.289.